The molecule has 8 heteroatoms. The second-order valence-electron chi connectivity index (χ2n) is 6.35. The maximum absolute atomic E-state index is 14.0. The summed E-state index contributed by atoms with van der Waals surface area (Å²) in [6, 6.07) is 17.2. The third-order valence-electron chi connectivity index (χ3n) is 4.52. The lowest BCUT2D eigenvalue weighted by atomic mass is 10.1. The monoisotopic (exact) mass is 386 g/mol. The number of pyridine rings is 1. The average molecular weight is 386 g/mol. The molecule has 4 aromatic rings. The summed E-state index contributed by atoms with van der Waals surface area (Å²) in [4.78, 5) is 15.7. The molecule has 0 fully saturated rings. The molecule has 0 aliphatic carbocycles. The summed E-state index contributed by atoms with van der Waals surface area (Å²) in [5.74, 6) is -1.03. The van der Waals surface area contributed by atoms with Crippen molar-refractivity contribution in [2.24, 2.45) is 5.73 Å². The van der Waals surface area contributed by atoms with Crippen molar-refractivity contribution >= 4 is 17.2 Å². The van der Waals surface area contributed by atoms with Crippen molar-refractivity contribution in [1.29, 1.82) is 5.26 Å². The quantitative estimate of drug-likeness (QED) is 0.548. The number of aromatic nitrogens is 3. The topological polar surface area (TPSA) is 109 Å². The number of fused-ring (bicyclic) bond motifs is 1. The van der Waals surface area contributed by atoms with Gasteiger partial charge in [-0.3, -0.25) is 4.79 Å². The molecule has 0 spiro atoms. The number of nitriles is 1. The molecule has 3 N–H and O–H groups in total. The van der Waals surface area contributed by atoms with Crippen LogP contribution in [0.15, 0.2) is 60.9 Å². The lowest BCUT2D eigenvalue weighted by Crippen LogP contribution is -2.13. The van der Waals surface area contributed by atoms with E-state index >= 15 is 0 Å². The zero-order chi connectivity index (χ0) is 20.4. The highest BCUT2D eigenvalue weighted by atomic mass is 19.1. The molecule has 2 aromatic heterocycles. The van der Waals surface area contributed by atoms with Crippen LogP contribution in [0.5, 0.6) is 0 Å². The van der Waals surface area contributed by atoms with Crippen LogP contribution in [-0.2, 0) is 6.54 Å². The largest absolute Gasteiger partial charge is 0.379 e. The number of carbonyl (C=O) groups is 1. The van der Waals surface area contributed by atoms with E-state index in [-0.39, 0.29) is 5.56 Å². The molecule has 0 saturated heterocycles. The van der Waals surface area contributed by atoms with Crippen molar-refractivity contribution in [2.45, 2.75) is 6.54 Å². The summed E-state index contributed by atoms with van der Waals surface area (Å²) in [6.07, 6.45) is 1.37. The number of benzene rings is 2. The molecule has 29 heavy (non-hydrogen) atoms. The molecule has 2 aromatic carbocycles. The number of hydrogen-bond donors (Lipinski definition) is 2. The van der Waals surface area contributed by atoms with Crippen molar-refractivity contribution in [3.63, 3.8) is 0 Å². The van der Waals surface area contributed by atoms with Gasteiger partial charge in [-0.25, -0.2) is 13.9 Å². The summed E-state index contributed by atoms with van der Waals surface area (Å²) in [5, 5.41) is 16.0. The van der Waals surface area contributed by atoms with Gasteiger partial charge in [-0.1, -0.05) is 24.3 Å². The van der Waals surface area contributed by atoms with Crippen LogP contribution in [0.1, 0.15) is 21.5 Å². The molecule has 0 radical (unpaired) electrons. The first-order chi connectivity index (χ1) is 14.1. The van der Waals surface area contributed by atoms with Gasteiger partial charge in [0.15, 0.2) is 5.65 Å². The third kappa shape index (κ3) is 3.49. The molecule has 0 saturated carbocycles. The summed E-state index contributed by atoms with van der Waals surface area (Å²) >= 11 is 0. The fourth-order valence-corrected chi connectivity index (χ4v) is 3.04. The molecule has 142 valence electrons. The molecular formula is C21H15FN6O. The second kappa shape index (κ2) is 7.40. The van der Waals surface area contributed by atoms with Crippen LogP contribution in [0, 0.1) is 17.1 Å². The van der Waals surface area contributed by atoms with E-state index in [1.807, 2.05) is 30.3 Å². The number of primary amides is 1. The number of nitrogens with zero attached hydrogens (tertiary/aromatic N) is 4. The number of rotatable bonds is 5. The second-order valence-corrected chi connectivity index (χ2v) is 6.35. The molecule has 0 bridgehead atoms. The number of nitrogens with two attached hydrogens (primary N) is 1. The van der Waals surface area contributed by atoms with Crippen LogP contribution in [0.4, 0.5) is 10.1 Å². The molecule has 0 aliphatic rings. The predicted octanol–water partition coefficient (Wildman–Crippen LogP) is 3.12. The van der Waals surface area contributed by atoms with Gasteiger partial charge >= 0.3 is 0 Å². The van der Waals surface area contributed by atoms with E-state index in [0.717, 1.165) is 16.8 Å². The minimum absolute atomic E-state index is 0.277. The Morgan fingerprint density at radius 1 is 1.17 bits per heavy atom. The lowest BCUT2D eigenvalue weighted by Gasteiger charge is -2.10. The van der Waals surface area contributed by atoms with E-state index in [9.17, 15) is 9.18 Å². The van der Waals surface area contributed by atoms with Gasteiger partial charge in [0.1, 0.15) is 12.1 Å². The summed E-state index contributed by atoms with van der Waals surface area (Å²) < 4.78 is 15.5. The summed E-state index contributed by atoms with van der Waals surface area (Å²) in [6.45, 7) is 0.419. The Kier molecular flexibility index (Phi) is 4.63. The molecule has 2 heterocycles. The first-order valence-electron chi connectivity index (χ1n) is 8.72. The van der Waals surface area contributed by atoms with Gasteiger partial charge in [-0.2, -0.15) is 10.4 Å². The fraction of sp³-hybridized carbons (Fsp3) is 0.0476. The Morgan fingerprint density at radius 2 is 1.97 bits per heavy atom. The van der Waals surface area contributed by atoms with Crippen molar-refractivity contribution < 1.29 is 9.18 Å². The van der Waals surface area contributed by atoms with Gasteiger partial charge in [0.2, 0.25) is 0 Å². The van der Waals surface area contributed by atoms with Crippen LogP contribution in [0.25, 0.3) is 16.9 Å². The zero-order valence-electron chi connectivity index (χ0n) is 15.1. The number of nitrogens with one attached hydrogen (secondary N) is 1. The number of amides is 1. The minimum Gasteiger partial charge on any atom is -0.379 e. The first-order valence-corrected chi connectivity index (χ1v) is 8.72. The normalized spacial score (nSPS) is 10.6. The summed E-state index contributed by atoms with van der Waals surface area (Å²) in [7, 11) is 0. The van der Waals surface area contributed by atoms with Crippen molar-refractivity contribution in [1.82, 2.24) is 14.6 Å². The van der Waals surface area contributed by atoms with E-state index in [4.69, 9.17) is 11.0 Å². The number of halogens is 1. The minimum atomic E-state index is -0.564. The van der Waals surface area contributed by atoms with E-state index in [0.29, 0.717) is 23.4 Å². The van der Waals surface area contributed by atoms with Crippen LogP contribution >= 0.6 is 0 Å². The third-order valence-corrected chi connectivity index (χ3v) is 4.52. The molecule has 0 unspecified atom stereocenters. The Bertz CT molecular complexity index is 1260. The Morgan fingerprint density at radius 3 is 2.66 bits per heavy atom. The molecule has 0 aliphatic heterocycles. The highest BCUT2D eigenvalue weighted by Crippen LogP contribution is 2.23. The standard InChI is InChI=1S/C21H15FN6O/c22-17-9-14(10-23)3-7-18(17)25-11-13-1-4-15(5-2-13)19-8-6-16(20(24)29)21-26-12-27-28(19)21/h1-9,12,25H,11H2,(H2,24,29). The van der Waals surface area contributed by atoms with Gasteiger partial charge < -0.3 is 11.1 Å². The van der Waals surface area contributed by atoms with Gasteiger partial charge in [-0.05, 0) is 35.9 Å². The Hall–Kier alpha value is -4.25. The first kappa shape index (κ1) is 18.1. The Labute approximate surface area is 165 Å². The highest BCUT2D eigenvalue weighted by molar-refractivity contribution is 5.99. The van der Waals surface area contributed by atoms with Crippen LogP contribution < -0.4 is 11.1 Å². The van der Waals surface area contributed by atoms with Gasteiger partial charge in [0.05, 0.1) is 28.6 Å². The van der Waals surface area contributed by atoms with Crippen molar-refractivity contribution in [3.8, 4) is 17.3 Å². The number of hydrogen-bond acceptors (Lipinski definition) is 5. The zero-order valence-corrected chi connectivity index (χ0v) is 15.1. The van der Waals surface area contributed by atoms with Gasteiger partial charge in [0, 0.05) is 12.1 Å². The van der Waals surface area contributed by atoms with Crippen LogP contribution in [0.2, 0.25) is 0 Å². The molecular weight excluding hydrogens is 371 g/mol. The summed E-state index contributed by atoms with van der Waals surface area (Å²) in [5.41, 5.74) is 9.29. The molecule has 4 rings (SSSR count). The number of anilines is 1. The lowest BCUT2D eigenvalue weighted by molar-refractivity contribution is 0.100. The Balaban J connectivity index is 1.55. The van der Waals surface area contributed by atoms with E-state index < -0.39 is 11.7 Å². The van der Waals surface area contributed by atoms with Crippen molar-refractivity contribution in [2.75, 3.05) is 5.32 Å². The predicted molar refractivity (Wildman–Crippen MR) is 105 cm³/mol. The smallest absolute Gasteiger partial charge is 0.252 e. The van der Waals surface area contributed by atoms with Gasteiger partial charge in [0.25, 0.3) is 5.91 Å². The highest BCUT2D eigenvalue weighted by Gasteiger charge is 2.13. The molecule has 1 amide bonds. The van der Waals surface area contributed by atoms with Crippen LogP contribution in [0.3, 0.4) is 0 Å². The van der Waals surface area contributed by atoms with E-state index in [2.05, 4.69) is 15.4 Å². The van der Waals surface area contributed by atoms with Crippen LogP contribution in [-0.4, -0.2) is 20.5 Å². The average Bonchev–Trinajstić information content (AvgIpc) is 3.22. The number of carbonyl (C=O) groups excluding carboxylic acids is 1. The fourth-order valence-electron chi connectivity index (χ4n) is 3.04. The maximum Gasteiger partial charge on any atom is 0.252 e. The van der Waals surface area contributed by atoms with Gasteiger partial charge in [-0.15, -0.1) is 0 Å². The SMILES string of the molecule is N#Cc1ccc(NCc2ccc(-c3ccc(C(N)=O)c4ncnn34)cc2)c(F)c1. The molecule has 0 atom stereocenters. The maximum atomic E-state index is 14.0. The van der Waals surface area contributed by atoms with E-state index in [1.165, 1.54) is 12.4 Å². The van der Waals surface area contributed by atoms with Crippen molar-refractivity contribution in [3.05, 3.63) is 83.4 Å². The molecule has 7 nitrogen and oxygen atoms in total. The van der Waals surface area contributed by atoms with E-state index in [1.54, 1.807) is 28.8 Å².